The SMILES string of the molecule is CC(c1ccccn1)[C@@H](NC(=O)c1cccc(F)c1-c1cc(-c2ccc(Cl)cc2)[nH]n1)[C@H](O)CO. The molecule has 4 aromatic rings. The summed E-state index contributed by atoms with van der Waals surface area (Å²) >= 11 is 5.95. The molecule has 0 aliphatic carbocycles. The minimum Gasteiger partial charge on any atom is -0.394 e. The zero-order valence-electron chi connectivity index (χ0n) is 18.8. The number of pyridine rings is 1. The number of halogens is 2. The summed E-state index contributed by atoms with van der Waals surface area (Å²) < 4.78 is 15.0. The number of aliphatic hydroxyl groups excluding tert-OH is 2. The first-order chi connectivity index (χ1) is 16.9. The molecule has 4 rings (SSSR count). The van der Waals surface area contributed by atoms with Crippen LogP contribution in [0.25, 0.3) is 22.5 Å². The highest BCUT2D eigenvalue weighted by molar-refractivity contribution is 6.30. The van der Waals surface area contributed by atoms with Crippen molar-refractivity contribution in [1.29, 1.82) is 0 Å². The molecule has 0 spiro atoms. The minimum atomic E-state index is -1.25. The number of hydrogen-bond donors (Lipinski definition) is 4. The van der Waals surface area contributed by atoms with Crippen LogP contribution in [0.2, 0.25) is 5.02 Å². The average molecular weight is 495 g/mol. The van der Waals surface area contributed by atoms with Crippen LogP contribution in [-0.2, 0) is 0 Å². The van der Waals surface area contributed by atoms with E-state index in [9.17, 15) is 19.4 Å². The Bertz CT molecular complexity index is 1300. The molecule has 0 bridgehead atoms. The third kappa shape index (κ3) is 5.40. The highest BCUT2D eigenvalue weighted by atomic mass is 35.5. The van der Waals surface area contributed by atoms with Crippen LogP contribution in [0.5, 0.6) is 0 Å². The Kier molecular flexibility index (Phi) is 7.55. The molecule has 2 heterocycles. The number of carbonyl (C=O) groups is 1. The smallest absolute Gasteiger partial charge is 0.252 e. The van der Waals surface area contributed by atoms with Crippen LogP contribution in [0.1, 0.15) is 28.9 Å². The van der Waals surface area contributed by atoms with Crippen molar-refractivity contribution in [2.24, 2.45) is 0 Å². The minimum absolute atomic E-state index is 0.0178. The summed E-state index contributed by atoms with van der Waals surface area (Å²) in [6.07, 6.45) is 0.353. The Labute approximate surface area is 206 Å². The maximum absolute atomic E-state index is 15.0. The van der Waals surface area contributed by atoms with Gasteiger partial charge < -0.3 is 15.5 Å². The van der Waals surface area contributed by atoms with Gasteiger partial charge in [-0.2, -0.15) is 5.10 Å². The van der Waals surface area contributed by atoms with Gasteiger partial charge >= 0.3 is 0 Å². The largest absolute Gasteiger partial charge is 0.394 e. The van der Waals surface area contributed by atoms with Gasteiger partial charge in [0.05, 0.1) is 41.3 Å². The molecule has 0 fully saturated rings. The normalized spacial score (nSPS) is 13.7. The van der Waals surface area contributed by atoms with Gasteiger partial charge in [0.1, 0.15) is 5.82 Å². The number of nitrogens with zero attached hydrogens (tertiary/aromatic N) is 2. The molecule has 0 radical (unpaired) electrons. The van der Waals surface area contributed by atoms with Gasteiger partial charge in [-0.05, 0) is 48.0 Å². The number of carbonyl (C=O) groups excluding carboxylic acids is 1. The number of H-pyrrole nitrogens is 1. The van der Waals surface area contributed by atoms with Gasteiger partial charge in [0, 0.05) is 22.8 Å². The number of hydrogen-bond acceptors (Lipinski definition) is 5. The van der Waals surface area contributed by atoms with E-state index in [1.54, 1.807) is 61.7 Å². The van der Waals surface area contributed by atoms with Crippen LogP contribution in [0.4, 0.5) is 4.39 Å². The summed E-state index contributed by atoms with van der Waals surface area (Å²) in [6.45, 7) is 1.21. The maximum Gasteiger partial charge on any atom is 0.252 e. The van der Waals surface area contributed by atoms with E-state index < -0.39 is 36.4 Å². The molecule has 35 heavy (non-hydrogen) atoms. The van der Waals surface area contributed by atoms with E-state index >= 15 is 0 Å². The van der Waals surface area contributed by atoms with Crippen molar-refractivity contribution < 1.29 is 19.4 Å². The number of nitrogens with one attached hydrogen (secondary N) is 2. The molecule has 3 atom stereocenters. The number of aliphatic hydroxyl groups is 2. The second-order valence-electron chi connectivity index (χ2n) is 8.13. The Balaban J connectivity index is 1.66. The number of amides is 1. The van der Waals surface area contributed by atoms with Crippen LogP contribution in [0, 0.1) is 5.82 Å². The lowest BCUT2D eigenvalue weighted by molar-refractivity contribution is 0.0504. The van der Waals surface area contributed by atoms with Crippen LogP contribution in [-0.4, -0.2) is 50.1 Å². The van der Waals surface area contributed by atoms with Crippen molar-refractivity contribution >= 4 is 17.5 Å². The number of aromatic nitrogens is 3. The lowest BCUT2D eigenvalue weighted by Gasteiger charge is -2.28. The number of benzene rings is 2. The molecule has 2 aromatic carbocycles. The van der Waals surface area contributed by atoms with Crippen molar-refractivity contribution in [3.8, 4) is 22.5 Å². The van der Waals surface area contributed by atoms with E-state index in [1.165, 1.54) is 18.2 Å². The van der Waals surface area contributed by atoms with Gasteiger partial charge in [0.2, 0.25) is 0 Å². The zero-order valence-corrected chi connectivity index (χ0v) is 19.6. The van der Waals surface area contributed by atoms with Crippen molar-refractivity contribution in [2.75, 3.05) is 6.61 Å². The molecular formula is C26H24ClFN4O3. The zero-order chi connectivity index (χ0) is 24.9. The number of aromatic amines is 1. The quantitative estimate of drug-likeness (QED) is 0.293. The molecular weight excluding hydrogens is 471 g/mol. The summed E-state index contributed by atoms with van der Waals surface area (Å²) in [5.41, 5.74) is 2.36. The predicted molar refractivity (Wildman–Crippen MR) is 131 cm³/mol. The molecule has 180 valence electrons. The van der Waals surface area contributed by atoms with E-state index in [0.29, 0.717) is 16.4 Å². The van der Waals surface area contributed by atoms with Crippen molar-refractivity contribution in [2.45, 2.75) is 25.0 Å². The standard InChI is InChI=1S/C26H24ClFN4O3/c1-15(20-7-2-3-12-29-20)25(23(34)14-33)30-26(35)18-5-4-6-19(28)24(18)22-13-21(31-32-22)16-8-10-17(27)11-9-16/h2-13,15,23,25,33-34H,14H2,1H3,(H,30,35)(H,31,32)/t15?,23-,25-/m1/s1. The Morgan fingerprint density at radius 2 is 1.91 bits per heavy atom. The fourth-order valence-electron chi connectivity index (χ4n) is 3.93. The van der Waals surface area contributed by atoms with Crippen LogP contribution in [0.15, 0.2) is 72.9 Å². The monoisotopic (exact) mass is 494 g/mol. The topological polar surface area (TPSA) is 111 Å². The average Bonchev–Trinajstić information content (AvgIpc) is 3.36. The Morgan fingerprint density at radius 1 is 1.14 bits per heavy atom. The molecule has 1 amide bonds. The molecule has 0 aliphatic rings. The second-order valence-corrected chi connectivity index (χ2v) is 8.57. The number of rotatable bonds is 8. The summed E-state index contributed by atoms with van der Waals surface area (Å²) in [7, 11) is 0. The fourth-order valence-corrected chi connectivity index (χ4v) is 4.05. The van der Waals surface area contributed by atoms with Gasteiger partial charge in [0.25, 0.3) is 5.91 Å². The fraction of sp³-hybridized carbons (Fsp3) is 0.192. The highest BCUT2D eigenvalue weighted by Gasteiger charge is 2.30. The van der Waals surface area contributed by atoms with Crippen LogP contribution < -0.4 is 5.32 Å². The van der Waals surface area contributed by atoms with Gasteiger partial charge in [0.15, 0.2) is 0 Å². The molecule has 4 N–H and O–H groups in total. The van der Waals surface area contributed by atoms with Crippen molar-refractivity contribution in [3.05, 3.63) is 95.0 Å². The van der Waals surface area contributed by atoms with E-state index in [4.69, 9.17) is 11.6 Å². The van der Waals surface area contributed by atoms with E-state index in [1.807, 2.05) is 0 Å². The molecule has 0 saturated heterocycles. The maximum atomic E-state index is 15.0. The Morgan fingerprint density at radius 3 is 2.60 bits per heavy atom. The van der Waals surface area contributed by atoms with E-state index in [2.05, 4.69) is 20.5 Å². The van der Waals surface area contributed by atoms with Crippen molar-refractivity contribution in [3.63, 3.8) is 0 Å². The lowest BCUT2D eigenvalue weighted by Crippen LogP contribution is -2.48. The lowest BCUT2D eigenvalue weighted by atomic mass is 9.92. The molecule has 9 heteroatoms. The summed E-state index contributed by atoms with van der Waals surface area (Å²) in [6, 6.07) is 17.3. The van der Waals surface area contributed by atoms with E-state index in [-0.39, 0.29) is 16.8 Å². The molecule has 0 aliphatic heterocycles. The third-order valence-electron chi connectivity index (χ3n) is 5.84. The molecule has 2 aromatic heterocycles. The predicted octanol–water partition coefficient (Wildman–Crippen LogP) is 4.19. The second kappa shape index (κ2) is 10.8. The van der Waals surface area contributed by atoms with Gasteiger partial charge in [-0.25, -0.2) is 4.39 Å². The first-order valence-electron chi connectivity index (χ1n) is 11.0. The van der Waals surface area contributed by atoms with Crippen LogP contribution >= 0.6 is 11.6 Å². The van der Waals surface area contributed by atoms with Gasteiger partial charge in [-0.15, -0.1) is 0 Å². The summed E-state index contributed by atoms with van der Waals surface area (Å²) in [5.74, 6) is -1.67. The molecule has 0 saturated carbocycles. The Hall–Kier alpha value is -3.59. The van der Waals surface area contributed by atoms with Gasteiger partial charge in [-0.1, -0.05) is 42.8 Å². The highest BCUT2D eigenvalue weighted by Crippen LogP contribution is 2.30. The molecule has 1 unspecified atom stereocenters. The van der Waals surface area contributed by atoms with Gasteiger partial charge in [-0.3, -0.25) is 14.9 Å². The third-order valence-corrected chi connectivity index (χ3v) is 6.09. The van der Waals surface area contributed by atoms with Crippen LogP contribution in [0.3, 0.4) is 0 Å². The first-order valence-corrected chi connectivity index (χ1v) is 11.4. The first kappa shape index (κ1) is 24.5. The molecule has 7 nitrogen and oxygen atoms in total. The summed E-state index contributed by atoms with van der Waals surface area (Å²) in [5, 5.41) is 30.5. The summed E-state index contributed by atoms with van der Waals surface area (Å²) in [4.78, 5) is 17.6. The van der Waals surface area contributed by atoms with E-state index in [0.717, 1.165) is 5.56 Å². The van der Waals surface area contributed by atoms with Crippen molar-refractivity contribution in [1.82, 2.24) is 20.5 Å².